The van der Waals surface area contributed by atoms with E-state index < -0.39 is 0 Å². The molecule has 1 aliphatic heterocycles. The second-order valence-electron chi connectivity index (χ2n) is 6.03. The summed E-state index contributed by atoms with van der Waals surface area (Å²) in [5, 5.41) is 3.59. The highest BCUT2D eigenvalue weighted by atomic mass is 31.0. The van der Waals surface area contributed by atoms with Crippen LogP contribution in [0.25, 0.3) is 0 Å². The number of aryl methyl sites for hydroxylation is 1. The molecule has 0 amide bonds. The molecule has 20 heavy (non-hydrogen) atoms. The van der Waals surface area contributed by atoms with Crippen molar-refractivity contribution in [3.8, 4) is 0 Å². The summed E-state index contributed by atoms with van der Waals surface area (Å²) in [6.45, 7) is 2.16. The van der Waals surface area contributed by atoms with E-state index in [2.05, 4.69) is 62.1 Å². The van der Waals surface area contributed by atoms with Crippen molar-refractivity contribution in [2.24, 2.45) is 5.92 Å². The first kappa shape index (κ1) is 14.4. The summed E-state index contributed by atoms with van der Waals surface area (Å²) in [6.07, 6.45) is 6.75. The van der Waals surface area contributed by atoms with Crippen molar-refractivity contribution in [1.82, 2.24) is 21.7 Å². The van der Waals surface area contributed by atoms with E-state index in [1.165, 1.54) is 43.2 Å². The summed E-state index contributed by atoms with van der Waals surface area (Å²) < 4.78 is 0. The van der Waals surface area contributed by atoms with Crippen LogP contribution in [-0.2, 0) is 0 Å². The van der Waals surface area contributed by atoms with E-state index in [1.807, 2.05) is 0 Å². The van der Waals surface area contributed by atoms with Gasteiger partial charge in [-0.1, -0.05) is 52.8 Å². The summed E-state index contributed by atoms with van der Waals surface area (Å²) in [4.78, 5) is 0. The van der Waals surface area contributed by atoms with Gasteiger partial charge < -0.3 is 0 Å². The monoisotopic (exact) mass is 292 g/mol. The fraction of sp³-hybridized carbons (Fsp3) is 0.600. The molecule has 2 aliphatic rings. The Kier molecular flexibility index (Phi) is 4.39. The van der Waals surface area contributed by atoms with Crippen LogP contribution < -0.4 is 21.7 Å². The van der Waals surface area contributed by atoms with Gasteiger partial charge in [-0.15, -0.1) is 0 Å². The maximum Gasteiger partial charge on any atom is 0.101 e. The molecule has 0 radical (unpaired) electrons. The van der Waals surface area contributed by atoms with Crippen molar-refractivity contribution in [3.63, 3.8) is 0 Å². The fourth-order valence-corrected chi connectivity index (χ4v) is 3.94. The highest BCUT2D eigenvalue weighted by Crippen LogP contribution is 2.37. The van der Waals surface area contributed by atoms with Gasteiger partial charge in [0.05, 0.1) is 6.17 Å². The highest BCUT2D eigenvalue weighted by molar-refractivity contribution is 7.18. The van der Waals surface area contributed by atoms with Crippen molar-refractivity contribution >= 4 is 9.24 Å². The van der Waals surface area contributed by atoms with E-state index >= 15 is 0 Å². The topological polar surface area (TPSA) is 48.1 Å². The Labute approximate surface area is 123 Å². The van der Waals surface area contributed by atoms with Gasteiger partial charge in [0, 0.05) is 0 Å². The minimum absolute atomic E-state index is 0.122. The largest absolute Gasteiger partial charge is 0.275 e. The molecule has 3 unspecified atom stereocenters. The Hall–Kier alpha value is -0.510. The molecule has 0 aromatic heterocycles. The van der Waals surface area contributed by atoms with Crippen molar-refractivity contribution in [1.29, 1.82) is 0 Å². The lowest BCUT2D eigenvalue weighted by Crippen LogP contribution is -2.72. The summed E-state index contributed by atoms with van der Waals surface area (Å²) in [5.41, 5.74) is 12.4. The smallest absolute Gasteiger partial charge is 0.101 e. The number of hydrogen-bond acceptors (Lipinski definition) is 4. The third-order valence-corrected chi connectivity index (χ3v) is 5.40. The molecule has 5 heteroatoms. The molecule has 1 aliphatic carbocycles. The van der Waals surface area contributed by atoms with E-state index in [9.17, 15) is 0 Å². The maximum atomic E-state index is 3.73. The molecule has 1 saturated carbocycles. The van der Waals surface area contributed by atoms with Crippen LogP contribution in [0, 0.1) is 12.8 Å². The second kappa shape index (κ2) is 6.08. The van der Waals surface area contributed by atoms with E-state index in [1.54, 1.807) is 0 Å². The predicted octanol–water partition coefficient (Wildman–Crippen LogP) is 2.30. The van der Waals surface area contributed by atoms with E-state index in [-0.39, 0.29) is 11.6 Å². The Morgan fingerprint density at radius 3 is 2.65 bits per heavy atom. The molecule has 1 aromatic carbocycles. The molecule has 4 nitrogen and oxygen atoms in total. The van der Waals surface area contributed by atoms with Gasteiger partial charge in [0.1, 0.15) is 5.40 Å². The first-order chi connectivity index (χ1) is 9.69. The van der Waals surface area contributed by atoms with Crippen LogP contribution in [0.3, 0.4) is 0 Å². The Morgan fingerprint density at radius 2 is 1.90 bits per heavy atom. The molecule has 1 aromatic rings. The van der Waals surface area contributed by atoms with Gasteiger partial charge in [0.2, 0.25) is 0 Å². The number of hydrogen-bond donors (Lipinski definition) is 4. The zero-order valence-electron chi connectivity index (χ0n) is 12.1. The first-order valence-electron chi connectivity index (χ1n) is 7.59. The molecule has 3 rings (SSSR count). The average molecular weight is 292 g/mol. The standard InChI is InChI=1S/C15H25N4P/c1-11-7-5-6-10-13(11)14-16-15(20,18-19-17-14)12-8-3-2-4-9-12/h5-7,10,12,14,16-19H,2-4,8-9,20H2,1H3. The summed E-state index contributed by atoms with van der Waals surface area (Å²) in [5.74, 6) is 0.641. The SMILES string of the molecule is Cc1ccccc1C1NNNC(P)(C2CCCCC2)N1. The average Bonchev–Trinajstić information content (AvgIpc) is 2.49. The minimum Gasteiger partial charge on any atom is -0.275 e. The van der Waals surface area contributed by atoms with E-state index in [4.69, 9.17) is 0 Å². The van der Waals surface area contributed by atoms with Gasteiger partial charge in [-0.05, 0) is 36.8 Å². The van der Waals surface area contributed by atoms with Crippen molar-refractivity contribution in [2.75, 3.05) is 0 Å². The fourth-order valence-electron chi connectivity index (χ4n) is 3.37. The van der Waals surface area contributed by atoms with Gasteiger partial charge in [0.25, 0.3) is 0 Å². The number of nitrogens with one attached hydrogen (secondary N) is 4. The molecule has 110 valence electrons. The molecule has 0 spiro atoms. The lowest BCUT2D eigenvalue weighted by atomic mass is 9.86. The van der Waals surface area contributed by atoms with Crippen LogP contribution in [0.15, 0.2) is 24.3 Å². The van der Waals surface area contributed by atoms with Gasteiger partial charge in [-0.2, -0.15) is 5.53 Å². The van der Waals surface area contributed by atoms with Crippen LogP contribution in [0.2, 0.25) is 0 Å². The molecule has 0 bridgehead atoms. The molecule has 2 fully saturated rings. The predicted molar refractivity (Wildman–Crippen MR) is 85.5 cm³/mol. The van der Waals surface area contributed by atoms with Crippen LogP contribution in [-0.4, -0.2) is 5.40 Å². The zero-order valence-corrected chi connectivity index (χ0v) is 13.2. The van der Waals surface area contributed by atoms with Gasteiger partial charge in [-0.25, -0.2) is 10.9 Å². The van der Waals surface area contributed by atoms with E-state index in [0.717, 1.165) is 0 Å². The number of benzene rings is 1. The summed E-state index contributed by atoms with van der Waals surface area (Å²) in [6, 6.07) is 8.52. The molecule has 3 atom stereocenters. The molecule has 1 heterocycles. The van der Waals surface area contributed by atoms with Crippen LogP contribution in [0.4, 0.5) is 0 Å². The van der Waals surface area contributed by atoms with Crippen LogP contribution >= 0.6 is 9.24 Å². The molecular weight excluding hydrogens is 267 g/mol. The third kappa shape index (κ3) is 2.90. The normalized spacial score (nSPS) is 32.2. The highest BCUT2D eigenvalue weighted by Gasteiger charge is 2.39. The third-order valence-electron chi connectivity index (χ3n) is 4.62. The Morgan fingerprint density at radius 1 is 1.15 bits per heavy atom. The van der Waals surface area contributed by atoms with Crippen LogP contribution in [0.5, 0.6) is 0 Å². The first-order valence-corrected chi connectivity index (χ1v) is 8.16. The second-order valence-corrected chi connectivity index (χ2v) is 6.94. The Balaban J connectivity index is 1.77. The van der Waals surface area contributed by atoms with Crippen LogP contribution in [0.1, 0.15) is 49.4 Å². The van der Waals surface area contributed by atoms with Gasteiger partial charge >= 0.3 is 0 Å². The van der Waals surface area contributed by atoms with Crippen molar-refractivity contribution in [3.05, 3.63) is 35.4 Å². The van der Waals surface area contributed by atoms with Crippen molar-refractivity contribution in [2.45, 2.75) is 50.6 Å². The maximum absolute atomic E-state index is 3.73. The quantitative estimate of drug-likeness (QED) is 0.632. The number of hydrazine groups is 2. The minimum atomic E-state index is -0.140. The molecular formula is C15H25N4P. The number of rotatable bonds is 2. The zero-order chi connectivity index (χ0) is 14.0. The van der Waals surface area contributed by atoms with Gasteiger partial charge in [-0.3, -0.25) is 5.32 Å². The van der Waals surface area contributed by atoms with Crippen molar-refractivity contribution < 1.29 is 0 Å². The summed E-state index contributed by atoms with van der Waals surface area (Å²) >= 11 is 0. The van der Waals surface area contributed by atoms with Gasteiger partial charge in [0.15, 0.2) is 0 Å². The lowest BCUT2D eigenvalue weighted by Gasteiger charge is -2.47. The summed E-state index contributed by atoms with van der Waals surface area (Å²) in [7, 11) is 3.00. The molecule has 1 saturated heterocycles. The molecule has 4 N–H and O–H groups in total. The van der Waals surface area contributed by atoms with E-state index in [0.29, 0.717) is 5.92 Å². The lowest BCUT2D eigenvalue weighted by molar-refractivity contribution is 0.0979. The Bertz CT molecular complexity index is 461.